The fraction of sp³-hybridized carbons (Fsp3) is 0.692. The predicted molar refractivity (Wildman–Crippen MR) is 128 cm³/mol. The monoisotopic (exact) mass is 416 g/mol. The molecular formula is C26H44N2O2. The number of methoxy groups -OCH3 is 1. The second-order valence-electron chi connectivity index (χ2n) is 8.27. The number of unbranched alkanes of at least 4 members (excludes halogenated alkanes) is 14. The maximum absolute atomic E-state index is 11.8. The van der Waals surface area contributed by atoms with Crippen LogP contribution in [0.3, 0.4) is 0 Å². The zero-order valence-electron chi connectivity index (χ0n) is 19.5. The van der Waals surface area contributed by atoms with E-state index in [1.807, 2.05) is 24.3 Å². The van der Waals surface area contributed by atoms with Crippen molar-refractivity contribution in [3.8, 4) is 5.75 Å². The second kappa shape index (κ2) is 19.1. The molecule has 1 aromatic rings. The zero-order chi connectivity index (χ0) is 21.7. The molecule has 0 aromatic heterocycles. The van der Waals surface area contributed by atoms with Crippen LogP contribution in [0.15, 0.2) is 29.4 Å². The van der Waals surface area contributed by atoms with E-state index >= 15 is 0 Å². The fourth-order valence-corrected chi connectivity index (χ4v) is 3.58. The standard InChI is InChI=1S/C26H44N2O2/c1-3-4-5-6-7-8-9-10-11-12-13-14-15-16-17-18-26(29)28-27-23-24-19-21-25(30-2)22-20-24/h19-23H,3-18H2,1-2H3,(H,28,29)/b27-23-. The summed E-state index contributed by atoms with van der Waals surface area (Å²) in [6, 6.07) is 7.56. The Hall–Kier alpha value is -1.84. The predicted octanol–water partition coefficient (Wildman–Crippen LogP) is 7.41. The molecule has 1 aromatic carbocycles. The molecular weight excluding hydrogens is 372 g/mol. The Balaban J connectivity index is 1.86. The van der Waals surface area contributed by atoms with Crippen molar-refractivity contribution in [2.45, 2.75) is 110 Å². The van der Waals surface area contributed by atoms with Crippen molar-refractivity contribution in [1.29, 1.82) is 0 Å². The van der Waals surface area contributed by atoms with Gasteiger partial charge < -0.3 is 4.74 Å². The van der Waals surface area contributed by atoms with Gasteiger partial charge in [0.05, 0.1) is 13.3 Å². The van der Waals surface area contributed by atoms with Crippen LogP contribution in [0.2, 0.25) is 0 Å². The van der Waals surface area contributed by atoms with Gasteiger partial charge in [-0.25, -0.2) is 5.43 Å². The summed E-state index contributed by atoms with van der Waals surface area (Å²) < 4.78 is 5.12. The van der Waals surface area contributed by atoms with Crippen LogP contribution in [-0.2, 0) is 4.79 Å². The molecule has 170 valence electrons. The Kier molecular flexibility index (Phi) is 16.7. The Bertz CT molecular complexity index is 555. The third-order valence-corrected chi connectivity index (χ3v) is 5.53. The van der Waals surface area contributed by atoms with Crippen LogP contribution in [0.4, 0.5) is 0 Å². The van der Waals surface area contributed by atoms with E-state index in [1.54, 1.807) is 13.3 Å². The Morgan fingerprint density at radius 2 is 1.27 bits per heavy atom. The lowest BCUT2D eigenvalue weighted by atomic mass is 10.0. The number of carbonyl (C=O) groups excluding carboxylic acids is 1. The van der Waals surface area contributed by atoms with E-state index in [0.29, 0.717) is 6.42 Å². The molecule has 4 heteroatoms. The second-order valence-corrected chi connectivity index (χ2v) is 8.27. The molecule has 1 amide bonds. The molecule has 0 fully saturated rings. The molecule has 0 unspecified atom stereocenters. The number of hydrogen-bond acceptors (Lipinski definition) is 3. The molecule has 0 bridgehead atoms. The van der Waals surface area contributed by atoms with Crippen molar-refractivity contribution in [2.75, 3.05) is 7.11 Å². The maximum Gasteiger partial charge on any atom is 0.240 e. The number of benzene rings is 1. The average molecular weight is 417 g/mol. The first kappa shape index (κ1) is 26.2. The SMILES string of the molecule is CCCCCCCCCCCCCCCCCC(=O)N/N=C\c1ccc(OC)cc1. The van der Waals surface area contributed by atoms with Crippen LogP contribution < -0.4 is 10.2 Å². The minimum atomic E-state index is -0.00513. The summed E-state index contributed by atoms with van der Waals surface area (Å²) in [7, 11) is 1.64. The van der Waals surface area contributed by atoms with Crippen molar-refractivity contribution >= 4 is 12.1 Å². The van der Waals surface area contributed by atoms with Crippen LogP contribution in [0, 0.1) is 0 Å². The molecule has 0 heterocycles. The molecule has 0 aliphatic heterocycles. The van der Waals surface area contributed by atoms with Gasteiger partial charge in [-0.05, 0) is 36.2 Å². The lowest BCUT2D eigenvalue weighted by Gasteiger charge is -2.03. The van der Waals surface area contributed by atoms with Crippen molar-refractivity contribution < 1.29 is 9.53 Å². The lowest BCUT2D eigenvalue weighted by Crippen LogP contribution is -2.16. The minimum Gasteiger partial charge on any atom is -0.497 e. The number of nitrogens with one attached hydrogen (secondary N) is 1. The minimum absolute atomic E-state index is 0.00513. The Labute approximate surface area is 184 Å². The molecule has 0 atom stereocenters. The summed E-state index contributed by atoms with van der Waals surface area (Å²) in [4.78, 5) is 11.8. The van der Waals surface area contributed by atoms with Gasteiger partial charge in [0.2, 0.25) is 5.91 Å². The van der Waals surface area contributed by atoms with Gasteiger partial charge in [-0.1, -0.05) is 96.8 Å². The van der Waals surface area contributed by atoms with E-state index in [0.717, 1.165) is 24.2 Å². The molecule has 1 N–H and O–H groups in total. The van der Waals surface area contributed by atoms with Gasteiger partial charge in [0.15, 0.2) is 0 Å². The summed E-state index contributed by atoms with van der Waals surface area (Å²) in [5.41, 5.74) is 3.54. The zero-order valence-corrected chi connectivity index (χ0v) is 19.5. The fourth-order valence-electron chi connectivity index (χ4n) is 3.58. The van der Waals surface area contributed by atoms with Gasteiger partial charge in [0.25, 0.3) is 0 Å². The van der Waals surface area contributed by atoms with E-state index in [-0.39, 0.29) is 5.91 Å². The number of ether oxygens (including phenoxy) is 1. The summed E-state index contributed by atoms with van der Waals surface area (Å²) >= 11 is 0. The van der Waals surface area contributed by atoms with Crippen molar-refractivity contribution in [1.82, 2.24) is 5.43 Å². The third kappa shape index (κ3) is 15.1. The molecule has 0 spiro atoms. The number of hydrazone groups is 1. The average Bonchev–Trinajstić information content (AvgIpc) is 2.77. The van der Waals surface area contributed by atoms with Crippen LogP contribution in [0.25, 0.3) is 0 Å². The first-order valence-electron chi connectivity index (χ1n) is 12.2. The number of rotatable bonds is 19. The largest absolute Gasteiger partial charge is 0.497 e. The van der Waals surface area contributed by atoms with Crippen LogP contribution in [-0.4, -0.2) is 19.2 Å². The first-order chi connectivity index (χ1) is 14.8. The van der Waals surface area contributed by atoms with E-state index in [1.165, 1.54) is 83.5 Å². The van der Waals surface area contributed by atoms with Crippen LogP contribution in [0.1, 0.15) is 115 Å². The highest BCUT2D eigenvalue weighted by Gasteiger charge is 2.00. The number of hydrogen-bond donors (Lipinski definition) is 1. The van der Waals surface area contributed by atoms with E-state index < -0.39 is 0 Å². The highest BCUT2D eigenvalue weighted by atomic mass is 16.5. The molecule has 0 saturated carbocycles. The summed E-state index contributed by atoms with van der Waals surface area (Å²) in [6.45, 7) is 2.28. The van der Waals surface area contributed by atoms with E-state index in [4.69, 9.17) is 4.74 Å². The van der Waals surface area contributed by atoms with Crippen molar-refractivity contribution in [3.63, 3.8) is 0 Å². The molecule has 0 aliphatic carbocycles. The Morgan fingerprint density at radius 1 is 0.800 bits per heavy atom. The molecule has 0 radical (unpaired) electrons. The molecule has 0 aliphatic rings. The van der Waals surface area contributed by atoms with Crippen molar-refractivity contribution in [3.05, 3.63) is 29.8 Å². The third-order valence-electron chi connectivity index (χ3n) is 5.53. The number of nitrogens with zero attached hydrogens (tertiary/aromatic N) is 1. The lowest BCUT2D eigenvalue weighted by molar-refractivity contribution is -0.121. The summed E-state index contributed by atoms with van der Waals surface area (Å²) in [6.07, 6.45) is 22.2. The number of carbonyl (C=O) groups is 1. The van der Waals surface area contributed by atoms with Gasteiger partial charge in [0, 0.05) is 6.42 Å². The first-order valence-corrected chi connectivity index (χ1v) is 12.2. The van der Waals surface area contributed by atoms with Gasteiger partial charge >= 0.3 is 0 Å². The summed E-state index contributed by atoms with van der Waals surface area (Å²) in [5.74, 6) is 0.804. The smallest absolute Gasteiger partial charge is 0.240 e. The van der Waals surface area contributed by atoms with Crippen molar-refractivity contribution in [2.24, 2.45) is 5.10 Å². The van der Waals surface area contributed by atoms with Gasteiger partial charge in [0.1, 0.15) is 5.75 Å². The van der Waals surface area contributed by atoms with Gasteiger partial charge in [-0.15, -0.1) is 0 Å². The maximum atomic E-state index is 11.8. The summed E-state index contributed by atoms with van der Waals surface area (Å²) in [5, 5.41) is 4.02. The topological polar surface area (TPSA) is 50.7 Å². The van der Waals surface area contributed by atoms with Crippen LogP contribution >= 0.6 is 0 Å². The molecule has 4 nitrogen and oxygen atoms in total. The van der Waals surface area contributed by atoms with Crippen LogP contribution in [0.5, 0.6) is 5.75 Å². The quantitative estimate of drug-likeness (QED) is 0.145. The van der Waals surface area contributed by atoms with Gasteiger partial charge in [-0.2, -0.15) is 5.10 Å². The number of amides is 1. The normalized spacial score (nSPS) is 11.1. The molecule has 30 heavy (non-hydrogen) atoms. The highest BCUT2D eigenvalue weighted by Crippen LogP contribution is 2.14. The molecule has 0 saturated heterocycles. The Morgan fingerprint density at radius 3 is 1.73 bits per heavy atom. The molecule has 1 rings (SSSR count). The van der Waals surface area contributed by atoms with E-state index in [9.17, 15) is 4.79 Å². The van der Waals surface area contributed by atoms with E-state index in [2.05, 4.69) is 17.5 Å². The van der Waals surface area contributed by atoms with Gasteiger partial charge in [-0.3, -0.25) is 4.79 Å². The highest BCUT2D eigenvalue weighted by molar-refractivity contribution is 5.82.